The van der Waals surface area contributed by atoms with Gasteiger partial charge in [0.25, 0.3) is 0 Å². The lowest BCUT2D eigenvalue weighted by Gasteiger charge is -2.39. The smallest absolute Gasteiger partial charge is 0.0802 e. The van der Waals surface area contributed by atoms with Gasteiger partial charge in [0, 0.05) is 32.2 Å². The SMILES string of the molecule is CCC1CN(CCC(O)c2cc(C)cc(C)c2)CCN1C. The van der Waals surface area contributed by atoms with Gasteiger partial charge in [-0.15, -0.1) is 0 Å². The second kappa shape index (κ2) is 7.39. The molecule has 1 aromatic rings. The summed E-state index contributed by atoms with van der Waals surface area (Å²) < 4.78 is 0. The molecule has 2 atom stereocenters. The second-order valence-electron chi connectivity index (χ2n) is 6.57. The van der Waals surface area contributed by atoms with Crippen LogP contribution in [0.4, 0.5) is 0 Å². The summed E-state index contributed by atoms with van der Waals surface area (Å²) in [5.74, 6) is 0. The lowest BCUT2D eigenvalue weighted by Crippen LogP contribution is -2.51. The number of likely N-dealkylation sites (N-methyl/N-ethyl adjacent to an activating group) is 1. The van der Waals surface area contributed by atoms with Crippen LogP contribution in [0.1, 0.15) is 42.6 Å². The molecule has 3 nitrogen and oxygen atoms in total. The average molecular weight is 290 g/mol. The first-order valence-corrected chi connectivity index (χ1v) is 8.18. The van der Waals surface area contributed by atoms with Crippen LogP contribution in [-0.2, 0) is 0 Å². The predicted molar refractivity (Wildman–Crippen MR) is 88.6 cm³/mol. The highest BCUT2D eigenvalue weighted by Crippen LogP contribution is 2.21. The van der Waals surface area contributed by atoms with Gasteiger partial charge in [0.1, 0.15) is 0 Å². The average Bonchev–Trinajstić information content (AvgIpc) is 2.45. The highest BCUT2D eigenvalue weighted by atomic mass is 16.3. The molecule has 1 N–H and O–H groups in total. The fourth-order valence-corrected chi connectivity index (χ4v) is 3.33. The van der Waals surface area contributed by atoms with E-state index in [9.17, 15) is 5.11 Å². The van der Waals surface area contributed by atoms with Gasteiger partial charge >= 0.3 is 0 Å². The topological polar surface area (TPSA) is 26.7 Å². The lowest BCUT2D eigenvalue weighted by molar-refractivity contribution is 0.0754. The zero-order valence-electron chi connectivity index (χ0n) is 14.0. The Morgan fingerprint density at radius 3 is 2.48 bits per heavy atom. The lowest BCUT2D eigenvalue weighted by atomic mass is 10.0. The van der Waals surface area contributed by atoms with Crippen LogP contribution in [0.15, 0.2) is 18.2 Å². The number of aliphatic hydroxyl groups is 1. The highest BCUT2D eigenvalue weighted by Gasteiger charge is 2.23. The van der Waals surface area contributed by atoms with Crippen molar-refractivity contribution in [1.29, 1.82) is 0 Å². The molecule has 1 aliphatic rings. The maximum absolute atomic E-state index is 10.4. The van der Waals surface area contributed by atoms with E-state index in [1.165, 1.54) is 17.5 Å². The molecular weight excluding hydrogens is 260 g/mol. The minimum absolute atomic E-state index is 0.344. The monoisotopic (exact) mass is 290 g/mol. The number of hydrogen-bond donors (Lipinski definition) is 1. The Morgan fingerprint density at radius 2 is 1.86 bits per heavy atom. The number of rotatable bonds is 5. The maximum Gasteiger partial charge on any atom is 0.0802 e. The largest absolute Gasteiger partial charge is 0.388 e. The third-order valence-corrected chi connectivity index (χ3v) is 4.68. The van der Waals surface area contributed by atoms with E-state index in [4.69, 9.17) is 0 Å². The molecule has 1 saturated heterocycles. The number of piperazine rings is 1. The molecule has 1 heterocycles. The summed E-state index contributed by atoms with van der Waals surface area (Å²) in [6, 6.07) is 7.03. The second-order valence-corrected chi connectivity index (χ2v) is 6.57. The van der Waals surface area contributed by atoms with E-state index in [0.29, 0.717) is 6.04 Å². The van der Waals surface area contributed by atoms with Crippen LogP contribution in [0, 0.1) is 13.8 Å². The van der Waals surface area contributed by atoms with E-state index in [1.807, 2.05) is 0 Å². The first-order chi connectivity index (χ1) is 9.99. The Bertz CT molecular complexity index is 440. The zero-order valence-corrected chi connectivity index (χ0v) is 14.0. The van der Waals surface area contributed by atoms with E-state index >= 15 is 0 Å². The Labute approximate surface area is 129 Å². The molecule has 1 fully saturated rings. The van der Waals surface area contributed by atoms with Crippen LogP contribution in [0.3, 0.4) is 0 Å². The van der Waals surface area contributed by atoms with Crippen molar-refractivity contribution in [2.24, 2.45) is 0 Å². The van der Waals surface area contributed by atoms with Crippen molar-refractivity contribution in [3.05, 3.63) is 34.9 Å². The normalized spacial score (nSPS) is 22.4. The zero-order chi connectivity index (χ0) is 15.4. The van der Waals surface area contributed by atoms with Crippen molar-refractivity contribution >= 4 is 0 Å². The summed E-state index contributed by atoms with van der Waals surface area (Å²) in [6.45, 7) is 10.8. The molecule has 0 aliphatic carbocycles. The van der Waals surface area contributed by atoms with Gasteiger partial charge in [0.05, 0.1) is 6.10 Å². The van der Waals surface area contributed by atoms with Gasteiger partial charge in [0.15, 0.2) is 0 Å². The quantitative estimate of drug-likeness (QED) is 0.903. The molecule has 1 aliphatic heterocycles. The van der Waals surface area contributed by atoms with Gasteiger partial charge in [-0.05, 0) is 39.3 Å². The van der Waals surface area contributed by atoms with Crippen molar-refractivity contribution in [2.45, 2.75) is 45.8 Å². The van der Waals surface area contributed by atoms with Gasteiger partial charge in [0.2, 0.25) is 0 Å². The Hall–Kier alpha value is -0.900. The number of benzene rings is 1. The Balaban J connectivity index is 1.87. The Morgan fingerprint density at radius 1 is 1.19 bits per heavy atom. The minimum atomic E-state index is -0.344. The molecule has 0 bridgehead atoms. The van der Waals surface area contributed by atoms with Crippen LogP contribution in [0.25, 0.3) is 0 Å². The van der Waals surface area contributed by atoms with E-state index in [1.54, 1.807) is 0 Å². The summed E-state index contributed by atoms with van der Waals surface area (Å²) in [5, 5.41) is 10.4. The van der Waals surface area contributed by atoms with Gasteiger partial charge in [-0.25, -0.2) is 0 Å². The third-order valence-electron chi connectivity index (χ3n) is 4.68. The van der Waals surface area contributed by atoms with Crippen LogP contribution in [0.5, 0.6) is 0 Å². The molecule has 2 unspecified atom stereocenters. The van der Waals surface area contributed by atoms with Crippen molar-refractivity contribution < 1.29 is 5.11 Å². The molecule has 118 valence electrons. The van der Waals surface area contributed by atoms with Gasteiger partial charge in [-0.2, -0.15) is 0 Å². The molecule has 0 aromatic heterocycles. The number of aryl methyl sites for hydroxylation is 2. The number of aliphatic hydroxyl groups excluding tert-OH is 1. The summed E-state index contributed by atoms with van der Waals surface area (Å²) in [7, 11) is 2.22. The molecule has 0 radical (unpaired) electrons. The molecule has 2 rings (SSSR count). The van der Waals surface area contributed by atoms with Crippen molar-refractivity contribution in [3.63, 3.8) is 0 Å². The molecule has 21 heavy (non-hydrogen) atoms. The van der Waals surface area contributed by atoms with Crippen LogP contribution >= 0.6 is 0 Å². The van der Waals surface area contributed by atoms with E-state index in [2.05, 4.69) is 55.8 Å². The fourth-order valence-electron chi connectivity index (χ4n) is 3.33. The summed E-state index contributed by atoms with van der Waals surface area (Å²) in [4.78, 5) is 4.96. The van der Waals surface area contributed by atoms with Gasteiger partial charge < -0.3 is 14.9 Å². The maximum atomic E-state index is 10.4. The molecular formula is C18H30N2O. The summed E-state index contributed by atoms with van der Waals surface area (Å²) in [5.41, 5.74) is 3.53. The molecule has 1 aromatic carbocycles. The standard InChI is InChI=1S/C18H30N2O/c1-5-17-13-20(9-8-19(17)4)7-6-18(21)16-11-14(2)10-15(3)12-16/h10-12,17-18,21H,5-9,13H2,1-4H3. The van der Waals surface area contributed by atoms with Crippen molar-refractivity contribution in [1.82, 2.24) is 9.80 Å². The van der Waals surface area contributed by atoms with Crippen molar-refractivity contribution in [2.75, 3.05) is 33.2 Å². The van der Waals surface area contributed by atoms with Crippen LogP contribution in [-0.4, -0.2) is 54.2 Å². The van der Waals surface area contributed by atoms with Crippen molar-refractivity contribution in [3.8, 4) is 0 Å². The third kappa shape index (κ3) is 4.53. The summed E-state index contributed by atoms with van der Waals surface area (Å²) >= 11 is 0. The fraction of sp³-hybridized carbons (Fsp3) is 0.667. The first kappa shape index (κ1) is 16.5. The minimum Gasteiger partial charge on any atom is -0.388 e. The molecule has 3 heteroatoms. The summed E-state index contributed by atoms with van der Waals surface area (Å²) in [6.07, 6.45) is 1.68. The van der Waals surface area contributed by atoms with Gasteiger partial charge in [-0.1, -0.05) is 36.2 Å². The van der Waals surface area contributed by atoms with E-state index in [-0.39, 0.29) is 6.10 Å². The molecule has 0 saturated carbocycles. The first-order valence-electron chi connectivity index (χ1n) is 8.18. The van der Waals surface area contributed by atoms with Crippen LogP contribution in [0.2, 0.25) is 0 Å². The number of hydrogen-bond acceptors (Lipinski definition) is 3. The highest BCUT2D eigenvalue weighted by molar-refractivity contribution is 5.29. The van der Waals surface area contributed by atoms with Crippen LogP contribution < -0.4 is 0 Å². The molecule has 0 amide bonds. The van der Waals surface area contributed by atoms with E-state index < -0.39 is 0 Å². The number of nitrogens with zero attached hydrogens (tertiary/aromatic N) is 2. The van der Waals surface area contributed by atoms with E-state index in [0.717, 1.165) is 38.2 Å². The molecule has 0 spiro atoms. The predicted octanol–water partition coefficient (Wildman–Crippen LogP) is 2.75. The van der Waals surface area contributed by atoms with Gasteiger partial charge in [-0.3, -0.25) is 0 Å². The Kier molecular flexibility index (Phi) is 5.80.